The van der Waals surface area contributed by atoms with Crippen molar-refractivity contribution < 1.29 is 14.3 Å². The van der Waals surface area contributed by atoms with Crippen molar-refractivity contribution in [1.29, 1.82) is 0 Å². The molecule has 0 saturated heterocycles. The molecule has 0 saturated carbocycles. The number of aliphatic imine (C=N–C) groups is 1. The van der Waals surface area contributed by atoms with Gasteiger partial charge in [-0.1, -0.05) is 30.0 Å². The minimum absolute atomic E-state index is 0.0652. The summed E-state index contributed by atoms with van der Waals surface area (Å²) < 4.78 is 10.7. The molecular formula is C20H19N3O3S. The maximum absolute atomic E-state index is 12.1. The number of thioether (sulfide) groups is 1. The SMILES string of the molecule is COc1cccc(OCC(=O)Nc2ccc(C3=CSC4=NCCN34)cc2)c1. The molecule has 2 aromatic carbocycles. The molecule has 27 heavy (non-hydrogen) atoms. The first-order chi connectivity index (χ1) is 13.2. The van der Waals surface area contributed by atoms with Gasteiger partial charge in [0.05, 0.1) is 19.4 Å². The Morgan fingerprint density at radius 1 is 1.22 bits per heavy atom. The van der Waals surface area contributed by atoms with Gasteiger partial charge in [-0.2, -0.15) is 0 Å². The van der Waals surface area contributed by atoms with Gasteiger partial charge >= 0.3 is 0 Å². The quantitative estimate of drug-likeness (QED) is 0.831. The van der Waals surface area contributed by atoms with Crippen molar-refractivity contribution in [3.05, 3.63) is 59.5 Å². The Kier molecular flexibility index (Phi) is 5.02. The van der Waals surface area contributed by atoms with Crippen LogP contribution < -0.4 is 14.8 Å². The molecule has 0 unspecified atom stereocenters. The van der Waals surface area contributed by atoms with Crippen molar-refractivity contribution in [3.63, 3.8) is 0 Å². The maximum Gasteiger partial charge on any atom is 0.262 e. The lowest BCUT2D eigenvalue weighted by Crippen LogP contribution is -2.21. The normalized spacial score (nSPS) is 15.1. The molecular weight excluding hydrogens is 362 g/mol. The van der Waals surface area contributed by atoms with E-state index in [1.54, 1.807) is 31.0 Å². The Morgan fingerprint density at radius 3 is 2.85 bits per heavy atom. The first-order valence-corrected chi connectivity index (χ1v) is 9.47. The predicted molar refractivity (Wildman–Crippen MR) is 108 cm³/mol. The molecule has 2 heterocycles. The van der Waals surface area contributed by atoms with Gasteiger partial charge in [0.25, 0.3) is 5.91 Å². The summed E-state index contributed by atoms with van der Waals surface area (Å²) in [5, 5.41) is 6.03. The number of carbonyl (C=O) groups is 1. The summed E-state index contributed by atoms with van der Waals surface area (Å²) in [5.41, 5.74) is 3.01. The summed E-state index contributed by atoms with van der Waals surface area (Å²) in [4.78, 5) is 18.8. The van der Waals surface area contributed by atoms with E-state index in [9.17, 15) is 4.79 Å². The second kappa shape index (κ2) is 7.75. The van der Waals surface area contributed by atoms with Crippen LogP contribution in [0.15, 0.2) is 58.9 Å². The van der Waals surface area contributed by atoms with Crippen LogP contribution in [-0.2, 0) is 4.79 Å². The number of amidine groups is 1. The number of fused-ring (bicyclic) bond motifs is 1. The Bertz CT molecular complexity index is 909. The maximum atomic E-state index is 12.1. The van der Waals surface area contributed by atoms with Crippen LogP contribution in [0.5, 0.6) is 11.5 Å². The summed E-state index contributed by atoms with van der Waals surface area (Å²) >= 11 is 1.66. The van der Waals surface area contributed by atoms with E-state index in [0.717, 1.165) is 35.2 Å². The molecule has 7 heteroatoms. The minimum Gasteiger partial charge on any atom is -0.497 e. The number of carbonyl (C=O) groups excluding carboxylic acids is 1. The number of hydrogen-bond donors (Lipinski definition) is 1. The average molecular weight is 381 g/mol. The van der Waals surface area contributed by atoms with Crippen LogP contribution >= 0.6 is 11.8 Å². The zero-order valence-electron chi connectivity index (χ0n) is 14.8. The van der Waals surface area contributed by atoms with E-state index in [-0.39, 0.29) is 12.5 Å². The van der Waals surface area contributed by atoms with Gasteiger partial charge in [-0.3, -0.25) is 9.79 Å². The largest absolute Gasteiger partial charge is 0.497 e. The van der Waals surface area contributed by atoms with Gasteiger partial charge in [0.1, 0.15) is 11.5 Å². The van der Waals surface area contributed by atoms with Crippen LogP contribution in [-0.4, -0.2) is 42.8 Å². The molecule has 0 aromatic heterocycles. The number of methoxy groups -OCH3 is 1. The van der Waals surface area contributed by atoms with Gasteiger partial charge in [-0.05, 0) is 29.8 Å². The number of nitrogens with one attached hydrogen (secondary N) is 1. The van der Waals surface area contributed by atoms with Crippen LogP contribution in [0.1, 0.15) is 5.56 Å². The fourth-order valence-electron chi connectivity index (χ4n) is 2.91. The Balaban J connectivity index is 1.33. The topological polar surface area (TPSA) is 63.2 Å². The van der Waals surface area contributed by atoms with Crippen LogP contribution in [0.4, 0.5) is 5.69 Å². The second-order valence-corrected chi connectivity index (χ2v) is 6.87. The summed E-state index contributed by atoms with van der Waals surface area (Å²) in [6.07, 6.45) is 0. The Labute approximate surface area is 161 Å². The van der Waals surface area contributed by atoms with Crippen LogP contribution in [0.25, 0.3) is 5.70 Å². The first-order valence-electron chi connectivity index (χ1n) is 8.59. The fourth-order valence-corrected chi connectivity index (χ4v) is 3.87. The molecule has 0 spiro atoms. The Morgan fingerprint density at radius 2 is 2.04 bits per heavy atom. The summed E-state index contributed by atoms with van der Waals surface area (Å²) in [6.45, 7) is 1.71. The van der Waals surface area contributed by atoms with E-state index in [1.807, 2.05) is 36.4 Å². The highest BCUT2D eigenvalue weighted by Gasteiger charge is 2.26. The van der Waals surface area contributed by atoms with Crippen molar-refractivity contribution in [2.45, 2.75) is 0 Å². The van der Waals surface area contributed by atoms with Gasteiger partial charge < -0.3 is 19.7 Å². The Hall–Kier alpha value is -2.93. The third kappa shape index (κ3) is 3.93. The first kappa shape index (κ1) is 17.5. The average Bonchev–Trinajstić information content (AvgIpc) is 3.31. The van der Waals surface area contributed by atoms with Crippen molar-refractivity contribution in [2.75, 3.05) is 32.1 Å². The number of benzene rings is 2. The van der Waals surface area contributed by atoms with E-state index >= 15 is 0 Å². The zero-order valence-corrected chi connectivity index (χ0v) is 15.7. The fraction of sp³-hybridized carbons (Fsp3) is 0.200. The van der Waals surface area contributed by atoms with E-state index in [2.05, 4.69) is 20.6 Å². The number of nitrogens with zero attached hydrogens (tertiary/aromatic N) is 2. The highest BCUT2D eigenvalue weighted by Crippen LogP contribution is 2.35. The third-order valence-electron chi connectivity index (χ3n) is 4.24. The van der Waals surface area contributed by atoms with Gasteiger partial charge in [0.2, 0.25) is 0 Å². The lowest BCUT2D eigenvalue weighted by atomic mass is 10.1. The molecule has 1 N–H and O–H groups in total. The highest BCUT2D eigenvalue weighted by atomic mass is 32.2. The molecule has 2 aliphatic rings. The lowest BCUT2D eigenvalue weighted by Gasteiger charge is -2.17. The van der Waals surface area contributed by atoms with Crippen molar-refractivity contribution in [1.82, 2.24) is 4.90 Å². The smallest absolute Gasteiger partial charge is 0.262 e. The molecule has 138 valence electrons. The molecule has 1 amide bonds. The van der Waals surface area contributed by atoms with Gasteiger partial charge in [-0.25, -0.2) is 0 Å². The van der Waals surface area contributed by atoms with E-state index in [4.69, 9.17) is 9.47 Å². The standard InChI is InChI=1S/C20H19N3O3S/c1-25-16-3-2-4-17(11-16)26-12-19(24)22-15-7-5-14(6-8-15)18-13-27-20-21-9-10-23(18)20/h2-8,11,13H,9-10,12H2,1H3,(H,22,24). The van der Waals surface area contributed by atoms with E-state index < -0.39 is 0 Å². The number of anilines is 1. The van der Waals surface area contributed by atoms with Gasteiger partial charge in [0.15, 0.2) is 11.8 Å². The molecule has 2 aliphatic heterocycles. The highest BCUT2D eigenvalue weighted by molar-refractivity contribution is 8.16. The summed E-state index contributed by atoms with van der Waals surface area (Å²) in [5.74, 6) is 1.07. The van der Waals surface area contributed by atoms with Crippen molar-refractivity contribution in [3.8, 4) is 11.5 Å². The van der Waals surface area contributed by atoms with Crippen molar-refractivity contribution >= 4 is 34.2 Å². The molecule has 0 bridgehead atoms. The number of hydrogen-bond acceptors (Lipinski definition) is 6. The van der Waals surface area contributed by atoms with Gasteiger partial charge in [0, 0.05) is 23.7 Å². The van der Waals surface area contributed by atoms with Crippen LogP contribution in [0.3, 0.4) is 0 Å². The molecule has 0 fully saturated rings. The van der Waals surface area contributed by atoms with Crippen molar-refractivity contribution in [2.24, 2.45) is 4.99 Å². The number of amides is 1. The van der Waals surface area contributed by atoms with E-state index in [1.165, 1.54) is 0 Å². The number of rotatable bonds is 6. The predicted octanol–water partition coefficient (Wildman–Crippen LogP) is 3.43. The summed E-state index contributed by atoms with van der Waals surface area (Å²) in [7, 11) is 1.59. The van der Waals surface area contributed by atoms with Gasteiger partial charge in [-0.15, -0.1) is 0 Å². The minimum atomic E-state index is -0.213. The molecule has 6 nitrogen and oxygen atoms in total. The second-order valence-electron chi connectivity index (χ2n) is 6.03. The molecule has 4 rings (SSSR count). The van der Waals surface area contributed by atoms with Crippen LogP contribution in [0, 0.1) is 0 Å². The van der Waals surface area contributed by atoms with Crippen LogP contribution in [0.2, 0.25) is 0 Å². The molecule has 0 aliphatic carbocycles. The third-order valence-corrected chi connectivity index (χ3v) is 5.15. The lowest BCUT2D eigenvalue weighted by molar-refractivity contribution is -0.118. The number of ether oxygens (including phenoxy) is 2. The monoisotopic (exact) mass is 381 g/mol. The molecule has 0 atom stereocenters. The molecule has 2 aromatic rings. The summed E-state index contributed by atoms with van der Waals surface area (Å²) in [6, 6.07) is 15.0. The van der Waals surface area contributed by atoms with E-state index in [0.29, 0.717) is 11.5 Å². The zero-order chi connectivity index (χ0) is 18.6. The molecule has 0 radical (unpaired) electrons.